The Bertz CT molecular complexity index is 717. The van der Waals surface area contributed by atoms with E-state index in [1.807, 2.05) is 36.4 Å². The topological polar surface area (TPSA) is 47.6 Å². The Morgan fingerprint density at radius 1 is 1.35 bits per heavy atom. The first-order valence-corrected chi connectivity index (χ1v) is 7.85. The Morgan fingerprint density at radius 2 is 2.22 bits per heavy atom. The van der Waals surface area contributed by atoms with E-state index in [1.165, 1.54) is 0 Å². The van der Waals surface area contributed by atoms with Gasteiger partial charge in [-0.2, -0.15) is 0 Å². The Labute approximate surface area is 140 Å². The van der Waals surface area contributed by atoms with Crippen molar-refractivity contribution in [3.8, 4) is 11.5 Å². The van der Waals surface area contributed by atoms with Gasteiger partial charge in [-0.05, 0) is 47.9 Å². The fourth-order valence-corrected chi connectivity index (χ4v) is 2.84. The molecule has 1 aliphatic rings. The number of methoxy groups -OCH3 is 1. The fourth-order valence-electron chi connectivity index (χ4n) is 2.65. The molecule has 1 atom stereocenters. The van der Waals surface area contributed by atoms with Gasteiger partial charge in [0.05, 0.1) is 13.0 Å². The number of carbonyl (C=O) groups excluding carboxylic acids is 1. The van der Waals surface area contributed by atoms with Crippen LogP contribution in [0.1, 0.15) is 11.1 Å². The minimum atomic E-state index is -0.202. The number of hydrogen-bond donors (Lipinski definition) is 1. The molecule has 0 saturated heterocycles. The molecule has 0 aliphatic carbocycles. The molecule has 0 saturated carbocycles. The van der Waals surface area contributed by atoms with Crippen molar-refractivity contribution >= 4 is 17.5 Å². The number of amides is 1. The first-order chi connectivity index (χ1) is 11.2. The normalized spacial score (nSPS) is 16.2. The molecule has 3 rings (SSSR count). The van der Waals surface area contributed by atoms with Crippen molar-refractivity contribution in [1.82, 2.24) is 5.32 Å². The van der Waals surface area contributed by atoms with Gasteiger partial charge in [0.25, 0.3) is 0 Å². The van der Waals surface area contributed by atoms with Gasteiger partial charge in [-0.25, -0.2) is 0 Å². The summed E-state index contributed by atoms with van der Waals surface area (Å²) < 4.78 is 10.8. The summed E-state index contributed by atoms with van der Waals surface area (Å²) in [6.07, 6.45) is 0.639. The van der Waals surface area contributed by atoms with Gasteiger partial charge >= 0.3 is 0 Å². The highest BCUT2D eigenvalue weighted by molar-refractivity contribution is 6.30. The number of hydrogen-bond acceptors (Lipinski definition) is 3. The lowest BCUT2D eigenvalue weighted by Gasteiger charge is -2.24. The number of halogens is 1. The van der Waals surface area contributed by atoms with Gasteiger partial charge in [-0.15, -0.1) is 0 Å². The quantitative estimate of drug-likeness (QED) is 0.935. The van der Waals surface area contributed by atoms with E-state index in [1.54, 1.807) is 13.2 Å². The van der Waals surface area contributed by atoms with E-state index >= 15 is 0 Å². The van der Waals surface area contributed by atoms with Gasteiger partial charge in [0.1, 0.15) is 18.1 Å². The summed E-state index contributed by atoms with van der Waals surface area (Å²) in [5.41, 5.74) is 1.98. The Hall–Kier alpha value is -2.20. The molecule has 0 spiro atoms. The molecule has 1 aliphatic heterocycles. The number of rotatable bonds is 4. The minimum absolute atomic E-state index is 0.0153. The highest BCUT2D eigenvalue weighted by atomic mass is 35.5. The van der Waals surface area contributed by atoms with Crippen LogP contribution in [0, 0.1) is 5.92 Å². The van der Waals surface area contributed by atoms with Crippen LogP contribution < -0.4 is 14.8 Å². The molecule has 1 heterocycles. The zero-order chi connectivity index (χ0) is 16.2. The van der Waals surface area contributed by atoms with E-state index in [9.17, 15) is 4.79 Å². The first-order valence-electron chi connectivity index (χ1n) is 7.47. The SMILES string of the molecule is COc1cccc(CNC(=O)[C@@H]2COc3ccc(Cl)cc3C2)c1. The van der Waals surface area contributed by atoms with Crippen molar-refractivity contribution in [2.24, 2.45) is 5.92 Å². The van der Waals surface area contributed by atoms with Gasteiger partial charge < -0.3 is 14.8 Å². The van der Waals surface area contributed by atoms with Crippen molar-refractivity contribution in [3.63, 3.8) is 0 Å². The van der Waals surface area contributed by atoms with Crippen LogP contribution in [-0.2, 0) is 17.8 Å². The molecular formula is C18H18ClNO3. The van der Waals surface area contributed by atoms with Gasteiger partial charge in [0, 0.05) is 11.6 Å². The van der Waals surface area contributed by atoms with E-state index in [-0.39, 0.29) is 11.8 Å². The first kappa shape index (κ1) is 15.7. The molecule has 2 aromatic carbocycles. The maximum absolute atomic E-state index is 12.4. The molecule has 0 radical (unpaired) electrons. The monoisotopic (exact) mass is 331 g/mol. The van der Waals surface area contributed by atoms with Crippen molar-refractivity contribution in [1.29, 1.82) is 0 Å². The van der Waals surface area contributed by atoms with Gasteiger partial charge in [0.2, 0.25) is 5.91 Å². The van der Waals surface area contributed by atoms with Crippen molar-refractivity contribution < 1.29 is 14.3 Å². The van der Waals surface area contributed by atoms with Gasteiger partial charge in [-0.1, -0.05) is 23.7 Å². The number of carbonyl (C=O) groups is 1. The predicted octanol–water partition coefficient (Wildman–Crippen LogP) is 3.22. The molecule has 0 unspecified atom stereocenters. The summed E-state index contributed by atoms with van der Waals surface area (Å²) in [4.78, 5) is 12.4. The molecule has 0 fully saturated rings. The predicted molar refractivity (Wildman–Crippen MR) is 89.0 cm³/mol. The Balaban J connectivity index is 1.61. The minimum Gasteiger partial charge on any atom is -0.497 e. The smallest absolute Gasteiger partial charge is 0.227 e. The fraction of sp³-hybridized carbons (Fsp3) is 0.278. The molecule has 1 amide bonds. The molecular weight excluding hydrogens is 314 g/mol. The van der Waals surface area contributed by atoms with Crippen LogP contribution in [0.15, 0.2) is 42.5 Å². The number of ether oxygens (including phenoxy) is 2. The second kappa shape index (κ2) is 6.92. The van der Waals surface area contributed by atoms with Crippen LogP contribution in [-0.4, -0.2) is 19.6 Å². The largest absolute Gasteiger partial charge is 0.497 e. The summed E-state index contributed by atoms with van der Waals surface area (Å²) in [6, 6.07) is 13.1. The van der Waals surface area contributed by atoms with Gasteiger partial charge in [0.15, 0.2) is 0 Å². The Kier molecular flexibility index (Phi) is 4.72. The second-order valence-electron chi connectivity index (χ2n) is 5.53. The third kappa shape index (κ3) is 3.77. The molecule has 0 aromatic heterocycles. The van der Waals surface area contributed by atoms with Crippen LogP contribution in [0.4, 0.5) is 0 Å². The van der Waals surface area contributed by atoms with E-state index in [2.05, 4.69) is 5.32 Å². The van der Waals surface area contributed by atoms with Crippen LogP contribution in [0.2, 0.25) is 5.02 Å². The average Bonchev–Trinajstić information content (AvgIpc) is 2.59. The maximum Gasteiger partial charge on any atom is 0.227 e. The number of nitrogens with one attached hydrogen (secondary N) is 1. The zero-order valence-electron chi connectivity index (χ0n) is 12.8. The Morgan fingerprint density at radius 3 is 3.04 bits per heavy atom. The van der Waals surface area contributed by atoms with E-state index in [0.717, 1.165) is 22.6 Å². The van der Waals surface area contributed by atoms with Crippen LogP contribution in [0.25, 0.3) is 0 Å². The summed E-state index contributed by atoms with van der Waals surface area (Å²) in [5.74, 6) is 1.37. The van der Waals surface area contributed by atoms with Crippen LogP contribution in [0.5, 0.6) is 11.5 Å². The lowest BCUT2D eigenvalue weighted by atomic mass is 9.96. The average molecular weight is 332 g/mol. The molecule has 2 aromatic rings. The highest BCUT2D eigenvalue weighted by Gasteiger charge is 2.25. The summed E-state index contributed by atoms with van der Waals surface area (Å²) >= 11 is 6.01. The van der Waals surface area contributed by atoms with Crippen molar-refractivity contribution in [3.05, 3.63) is 58.6 Å². The molecule has 1 N–H and O–H groups in total. The third-order valence-electron chi connectivity index (χ3n) is 3.90. The van der Waals surface area contributed by atoms with E-state index in [4.69, 9.17) is 21.1 Å². The maximum atomic E-state index is 12.4. The standard InChI is InChI=1S/C18H18ClNO3/c1-22-16-4-2-3-12(7-16)10-20-18(21)14-8-13-9-15(19)5-6-17(13)23-11-14/h2-7,9,14H,8,10-11H2,1H3,(H,20,21)/t14-/m0/s1. The molecule has 0 bridgehead atoms. The summed E-state index contributed by atoms with van der Waals surface area (Å²) in [6.45, 7) is 0.855. The lowest BCUT2D eigenvalue weighted by Crippen LogP contribution is -2.37. The summed E-state index contributed by atoms with van der Waals surface area (Å²) in [7, 11) is 1.62. The zero-order valence-corrected chi connectivity index (χ0v) is 13.6. The number of fused-ring (bicyclic) bond motifs is 1. The second-order valence-corrected chi connectivity index (χ2v) is 5.97. The van der Waals surface area contributed by atoms with Crippen LogP contribution in [0.3, 0.4) is 0 Å². The van der Waals surface area contributed by atoms with Crippen molar-refractivity contribution in [2.45, 2.75) is 13.0 Å². The molecule has 4 nitrogen and oxygen atoms in total. The van der Waals surface area contributed by atoms with Crippen molar-refractivity contribution in [2.75, 3.05) is 13.7 Å². The molecule has 23 heavy (non-hydrogen) atoms. The van der Waals surface area contributed by atoms with Gasteiger partial charge in [-0.3, -0.25) is 4.79 Å². The molecule has 120 valence electrons. The lowest BCUT2D eigenvalue weighted by molar-refractivity contribution is -0.126. The van der Waals surface area contributed by atoms with E-state index < -0.39 is 0 Å². The molecule has 5 heteroatoms. The highest BCUT2D eigenvalue weighted by Crippen LogP contribution is 2.29. The number of benzene rings is 2. The third-order valence-corrected chi connectivity index (χ3v) is 4.14. The van der Waals surface area contributed by atoms with Crippen LogP contribution >= 0.6 is 11.6 Å². The summed E-state index contributed by atoms with van der Waals surface area (Å²) in [5, 5.41) is 3.62. The van der Waals surface area contributed by atoms with E-state index in [0.29, 0.717) is 24.6 Å².